The van der Waals surface area contributed by atoms with E-state index in [1.165, 1.54) is 83.5 Å². The van der Waals surface area contributed by atoms with Crippen molar-refractivity contribution in [3.05, 3.63) is 0 Å². The largest absolute Gasteiger partial charge is 0.480 e. The van der Waals surface area contributed by atoms with Gasteiger partial charge in [-0.15, -0.1) is 0 Å². The van der Waals surface area contributed by atoms with E-state index in [0.717, 1.165) is 24.6 Å². The molecule has 0 aromatic rings. The maximum atomic E-state index is 11.6. The second kappa shape index (κ2) is 19.2. The second-order valence-corrected chi connectivity index (χ2v) is 8.40. The Morgan fingerprint density at radius 1 is 0.769 bits per heavy atom. The first-order valence-electron chi connectivity index (χ1n) is 10.7. The fourth-order valence-electron chi connectivity index (χ4n) is 2.97. The summed E-state index contributed by atoms with van der Waals surface area (Å²) in [6.07, 6.45) is 20.2. The number of carbonyl (C=O) groups excluding carboxylic acids is 1. The van der Waals surface area contributed by atoms with E-state index < -0.39 is 12.0 Å². The Hall–Kier alpha value is -0.550. The van der Waals surface area contributed by atoms with Crippen LogP contribution in [0.2, 0.25) is 0 Å². The minimum atomic E-state index is -1.04. The summed E-state index contributed by atoms with van der Waals surface area (Å²) >= 11 is 1.05. The van der Waals surface area contributed by atoms with Gasteiger partial charge in [-0.3, -0.25) is 9.59 Å². The van der Waals surface area contributed by atoms with Gasteiger partial charge in [-0.2, -0.15) is 0 Å². The smallest absolute Gasteiger partial charge is 0.321 e. The maximum absolute atomic E-state index is 11.6. The number of hydrogen-bond donors (Lipinski definition) is 2. The minimum absolute atomic E-state index is 0.0661. The van der Waals surface area contributed by atoms with Crippen LogP contribution in [0.3, 0.4) is 0 Å². The van der Waals surface area contributed by atoms with Crippen molar-refractivity contribution < 1.29 is 14.7 Å². The molecule has 0 bridgehead atoms. The molecule has 0 fully saturated rings. The highest BCUT2D eigenvalue weighted by atomic mass is 32.2. The molecule has 154 valence electrons. The van der Waals surface area contributed by atoms with E-state index >= 15 is 0 Å². The van der Waals surface area contributed by atoms with Crippen molar-refractivity contribution in [2.45, 2.75) is 116 Å². The molecule has 0 aromatic carbocycles. The van der Waals surface area contributed by atoms with Crippen LogP contribution in [-0.2, 0) is 9.59 Å². The van der Waals surface area contributed by atoms with Gasteiger partial charge in [0, 0.05) is 12.2 Å². The molecule has 0 aliphatic carbocycles. The molecule has 5 heteroatoms. The first-order chi connectivity index (χ1) is 12.6. The van der Waals surface area contributed by atoms with Gasteiger partial charge in [-0.25, -0.2) is 0 Å². The lowest BCUT2D eigenvalue weighted by molar-refractivity contribution is -0.137. The third kappa shape index (κ3) is 18.2. The van der Waals surface area contributed by atoms with Crippen LogP contribution in [-0.4, -0.2) is 28.0 Å². The number of carboxylic acid groups (broad SMARTS) is 1. The van der Waals surface area contributed by atoms with Crippen molar-refractivity contribution >= 4 is 22.8 Å². The second-order valence-electron chi connectivity index (χ2n) is 7.33. The van der Waals surface area contributed by atoms with Crippen molar-refractivity contribution in [3.8, 4) is 0 Å². The van der Waals surface area contributed by atoms with Crippen molar-refractivity contribution in [3.63, 3.8) is 0 Å². The molecule has 0 saturated carbocycles. The molecular weight excluding hydrogens is 346 g/mol. The van der Waals surface area contributed by atoms with Crippen LogP contribution in [0.25, 0.3) is 0 Å². The lowest BCUT2D eigenvalue weighted by atomic mass is 10.0. The Balaban J connectivity index is 3.19. The van der Waals surface area contributed by atoms with Gasteiger partial charge in [-0.05, 0) is 6.42 Å². The summed E-state index contributed by atoms with van der Waals surface area (Å²) in [6, 6.07) is -0.940. The van der Waals surface area contributed by atoms with Gasteiger partial charge >= 0.3 is 5.97 Å². The number of unbranched alkanes of at least 4 members (excludes halogenated alkanes) is 14. The van der Waals surface area contributed by atoms with Gasteiger partial charge in [0.1, 0.15) is 6.04 Å². The average Bonchev–Trinajstić information content (AvgIpc) is 2.62. The molecule has 1 atom stereocenters. The Labute approximate surface area is 165 Å². The zero-order valence-corrected chi connectivity index (χ0v) is 17.7. The zero-order chi connectivity index (χ0) is 19.5. The fourth-order valence-corrected chi connectivity index (χ4v) is 3.76. The van der Waals surface area contributed by atoms with Crippen LogP contribution in [0.15, 0.2) is 0 Å². The molecule has 0 spiro atoms. The molecular formula is C21H41NO3S. The number of aliphatic carboxylic acids is 1. The highest BCUT2D eigenvalue weighted by Gasteiger charge is 2.13. The van der Waals surface area contributed by atoms with Gasteiger partial charge in [-0.1, -0.05) is 109 Å². The van der Waals surface area contributed by atoms with Crippen LogP contribution < -0.4 is 5.73 Å². The number of carboxylic acids is 1. The van der Waals surface area contributed by atoms with Crippen LogP contribution >= 0.6 is 11.8 Å². The topological polar surface area (TPSA) is 80.4 Å². The summed E-state index contributed by atoms with van der Waals surface area (Å²) < 4.78 is 0. The lowest BCUT2D eigenvalue weighted by Gasteiger charge is -2.05. The van der Waals surface area contributed by atoms with E-state index in [9.17, 15) is 9.59 Å². The highest BCUT2D eigenvalue weighted by molar-refractivity contribution is 8.13. The number of hydrogen-bond acceptors (Lipinski definition) is 4. The van der Waals surface area contributed by atoms with E-state index in [4.69, 9.17) is 10.8 Å². The van der Waals surface area contributed by atoms with Crippen molar-refractivity contribution in [2.75, 3.05) is 5.75 Å². The van der Waals surface area contributed by atoms with E-state index in [0.29, 0.717) is 6.42 Å². The Morgan fingerprint density at radius 2 is 1.15 bits per heavy atom. The van der Waals surface area contributed by atoms with Crippen LogP contribution in [0.4, 0.5) is 0 Å². The van der Waals surface area contributed by atoms with Gasteiger partial charge < -0.3 is 10.8 Å². The Kier molecular flexibility index (Phi) is 18.8. The normalized spacial score (nSPS) is 12.2. The summed E-state index contributed by atoms with van der Waals surface area (Å²) in [7, 11) is 0. The predicted molar refractivity (Wildman–Crippen MR) is 113 cm³/mol. The fraction of sp³-hybridized carbons (Fsp3) is 0.905. The average molecular weight is 388 g/mol. The Bertz CT molecular complexity index is 350. The number of nitrogens with two attached hydrogens (primary N) is 1. The SMILES string of the molecule is CCCCCCCCCCCCCCCCCC(=O)SC[C@H](N)C(=O)O. The lowest BCUT2D eigenvalue weighted by Crippen LogP contribution is -2.32. The molecule has 26 heavy (non-hydrogen) atoms. The van der Waals surface area contributed by atoms with Crippen molar-refractivity contribution in [1.29, 1.82) is 0 Å². The molecule has 0 heterocycles. The van der Waals surface area contributed by atoms with Gasteiger partial charge in [0.05, 0.1) is 0 Å². The molecule has 0 radical (unpaired) electrons. The molecule has 4 nitrogen and oxygen atoms in total. The zero-order valence-electron chi connectivity index (χ0n) is 16.8. The molecule has 0 aliphatic heterocycles. The predicted octanol–water partition coefficient (Wildman–Crippen LogP) is 5.92. The molecule has 0 unspecified atom stereocenters. The van der Waals surface area contributed by atoms with E-state index in [2.05, 4.69) is 6.92 Å². The third-order valence-electron chi connectivity index (χ3n) is 4.73. The first-order valence-corrected chi connectivity index (χ1v) is 11.7. The molecule has 3 N–H and O–H groups in total. The van der Waals surface area contributed by atoms with Gasteiger partial charge in [0.15, 0.2) is 5.12 Å². The number of rotatable bonds is 19. The van der Waals surface area contributed by atoms with E-state index in [1.54, 1.807) is 0 Å². The standard InChI is InChI=1S/C21H41NO3S/c1-2-3-4-5-6-7-8-9-10-11-12-13-14-15-16-17-20(23)26-18-19(22)21(24)25/h19H,2-18,22H2,1H3,(H,24,25)/t19-/m0/s1. The quantitative estimate of drug-likeness (QED) is 0.269. The van der Waals surface area contributed by atoms with Gasteiger partial charge in [0.25, 0.3) is 0 Å². The maximum Gasteiger partial charge on any atom is 0.321 e. The third-order valence-corrected chi connectivity index (χ3v) is 5.78. The number of carbonyl (C=O) groups is 2. The molecule has 0 aliphatic rings. The summed E-state index contributed by atoms with van der Waals surface area (Å²) in [5.41, 5.74) is 5.38. The minimum Gasteiger partial charge on any atom is -0.480 e. The summed E-state index contributed by atoms with van der Waals surface area (Å²) in [5.74, 6) is -0.871. The van der Waals surface area contributed by atoms with E-state index in [-0.39, 0.29) is 10.9 Å². The van der Waals surface area contributed by atoms with Gasteiger partial charge in [0.2, 0.25) is 0 Å². The molecule has 0 aromatic heterocycles. The first kappa shape index (κ1) is 25.4. The summed E-state index contributed by atoms with van der Waals surface area (Å²) in [6.45, 7) is 2.26. The number of thioether (sulfide) groups is 1. The van der Waals surface area contributed by atoms with Crippen molar-refractivity contribution in [2.24, 2.45) is 5.73 Å². The summed E-state index contributed by atoms with van der Waals surface area (Å²) in [5, 5.41) is 8.73. The van der Waals surface area contributed by atoms with Crippen LogP contribution in [0.5, 0.6) is 0 Å². The van der Waals surface area contributed by atoms with E-state index in [1.807, 2.05) is 0 Å². The molecule has 0 rings (SSSR count). The summed E-state index contributed by atoms with van der Waals surface area (Å²) in [4.78, 5) is 22.2. The monoisotopic (exact) mass is 387 g/mol. The van der Waals surface area contributed by atoms with Crippen LogP contribution in [0, 0.1) is 0 Å². The molecule has 0 amide bonds. The molecule has 0 saturated heterocycles. The van der Waals surface area contributed by atoms with Crippen molar-refractivity contribution in [1.82, 2.24) is 0 Å². The highest BCUT2D eigenvalue weighted by Crippen LogP contribution is 2.15. The Morgan fingerprint density at radius 3 is 1.54 bits per heavy atom. The van der Waals surface area contributed by atoms with Crippen LogP contribution in [0.1, 0.15) is 110 Å².